The van der Waals surface area contributed by atoms with Crippen LogP contribution < -0.4 is 4.90 Å². The summed E-state index contributed by atoms with van der Waals surface area (Å²) in [5.41, 5.74) is 1.73. The second-order valence-electron chi connectivity index (χ2n) is 6.51. The molecule has 1 aliphatic heterocycles. The number of nitrogens with zero attached hydrogens (tertiary/aromatic N) is 2. The van der Waals surface area contributed by atoms with E-state index in [1.165, 1.54) is 11.8 Å². The maximum absolute atomic E-state index is 13.1. The highest BCUT2D eigenvalue weighted by Gasteiger charge is 2.38. The lowest BCUT2D eigenvalue weighted by atomic mass is 10.0. The minimum Gasteiger partial charge on any atom is -0.387 e. The van der Waals surface area contributed by atoms with Gasteiger partial charge in [0.05, 0.1) is 5.69 Å². The van der Waals surface area contributed by atoms with E-state index in [1.54, 1.807) is 0 Å². The van der Waals surface area contributed by atoms with Gasteiger partial charge in [-0.25, -0.2) is 0 Å². The summed E-state index contributed by atoms with van der Waals surface area (Å²) in [6.45, 7) is 1.58. The summed E-state index contributed by atoms with van der Waals surface area (Å²) in [6.07, 6.45) is 0.0784. The smallest absolute Gasteiger partial charge is 0.243 e. The monoisotopic (exact) mass is 356 g/mol. The normalized spacial score (nSPS) is 18.3. The van der Waals surface area contributed by atoms with Crippen LogP contribution in [0.1, 0.15) is 18.1 Å². The molecule has 2 atom stereocenters. The molecule has 1 aliphatic rings. The SMILES string of the molecule is CN(C)CCCN1C(=O)C(C(O)c2ccccc2)Sc2ccccc21. The van der Waals surface area contributed by atoms with Gasteiger partial charge < -0.3 is 14.9 Å². The quantitative estimate of drug-likeness (QED) is 0.863. The van der Waals surface area contributed by atoms with Crippen LogP contribution in [0.25, 0.3) is 0 Å². The number of benzene rings is 2. The molecule has 2 aromatic carbocycles. The Bertz CT molecular complexity index is 721. The minimum absolute atomic E-state index is 0.0150. The number of aliphatic hydroxyl groups is 1. The first-order valence-corrected chi connectivity index (χ1v) is 9.40. The fourth-order valence-corrected chi connectivity index (χ4v) is 4.28. The molecule has 25 heavy (non-hydrogen) atoms. The lowest BCUT2D eigenvalue weighted by molar-refractivity contribution is -0.120. The zero-order chi connectivity index (χ0) is 17.8. The van der Waals surface area contributed by atoms with Gasteiger partial charge in [0.2, 0.25) is 5.91 Å². The van der Waals surface area contributed by atoms with Gasteiger partial charge in [0.25, 0.3) is 0 Å². The Morgan fingerprint density at radius 1 is 1.12 bits per heavy atom. The molecule has 1 heterocycles. The topological polar surface area (TPSA) is 43.8 Å². The fourth-order valence-electron chi connectivity index (χ4n) is 3.04. The lowest BCUT2D eigenvalue weighted by Crippen LogP contribution is -2.44. The number of aliphatic hydroxyl groups excluding tert-OH is 1. The molecule has 2 unspecified atom stereocenters. The van der Waals surface area contributed by atoms with Gasteiger partial charge in [0, 0.05) is 11.4 Å². The number of fused-ring (bicyclic) bond motifs is 1. The van der Waals surface area contributed by atoms with Gasteiger partial charge in [-0.2, -0.15) is 0 Å². The molecule has 0 saturated heterocycles. The largest absolute Gasteiger partial charge is 0.387 e. The van der Waals surface area contributed by atoms with Crippen LogP contribution in [0.5, 0.6) is 0 Å². The number of carbonyl (C=O) groups is 1. The number of amides is 1. The van der Waals surface area contributed by atoms with Crippen molar-refractivity contribution in [3.8, 4) is 0 Å². The van der Waals surface area contributed by atoms with Crippen LogP contribution in [0.3, 0.4) is 0 Å². The molecular weight excluding hydrogens is 332 g/mol. The summed E-state index contributed by atoms with van der Waals surface area (Å²) in [6, 6.07) is 17.4. The van der Waals surface area contributed by atoms with E-state index in [4.69, 9.17) is 0 Å². The Morgan fingerprint density at radius 2 is 1.80 bits per heavy atom. The number of carbonyl (C=O) groups excluding carboxylic acids is 1. The van der Waals surface area contributed by atoms with Gasteiger partial charge >= 0.3 is 0 Å². The highest BCUT2D eigenvalue weighted by atomic mass is 32.2. The number of rotatable bonds is 6. The number of hydrogen-bond acceptors (Lipinski definition) is 4. The van der Waals surface area contributed by atoms with Gasteiger partial charge in [-0.1, -0.05) is 42.5 Å². The summed E-state index contributed by atoms with van der Waals surface area (Å²) < 4.78 is 0. The van der Waals surface area contributed by atoms with E-state index in [-0.39, 0.29) is 5.91 Å². The molecule has 5 heteroatoms. The van der Waals surface area contributed by atoms with E-state index in [0.717, 1.165) is 29.1 Å². The van der Waals surface area contributed by atoms with Crippen molar-refractivity contribution < 1.29 is 9.90 Å². The van der Waals surface area contributed by atoms with E-state index in [2.05, 4.69) is 4.90 Å². The summed E-state index contributed by atoms with van der Waals surface area (Å²) in [4.78, 5) is 18.1. The Hall–Kier alpha value is -1.82. The summed E-state index contributed by atoms with van der Waals surface area (Å²) in [5.74, 6) is -0.0150. The third kappa shape index (κ3) is 4.06. The van der Waals surface area contributed by atoms with Gasteiger partial charge in [0.15, 0.2) is 0 Å². The average Bonchev–Trinajstić information content (AvgIpc) is 2.63. The lowest BCUT2D eigenvalue weighted by Gasteiger charge is -2.35. The number of thioether (sulfide) groups is 1. The minimum atomic E-state index is -0.816. The van der Waals surface area contributed by atoms with Crippen LogP contribution in [-0.2, 0) is 4.79 Å². The summed E-state index contributed by atoms with van der Waals surface area (Å²) in [7, 11) is 4.06. The molecule has 0 aromatic heterocycles. The van der Waals surface area contributed by atoms with E-state index < -0.39 is 11.4 Å². The third-order valence-corrected chi connectivity index (χ3v) is 5.65. The second-order valence-corrected chi connectivity index (χ2v) is 7.69. The molecule has 0 bridgehead atoms. The maximum atomic E-state index is 13.1. The Balaban J connectivity index is 1.86. The van der Waals surface area contributed by atoms with E-state index in [9.17, 15) is 9.90 Å². The number of hydrogen-bond donors (Lipinski definition) is 1. The van der Waals surface area contributed by atoms with Crippen LogP contribution in [-0.4, -0.2) is 48.3 Å². The highest BCUT2D eigenvalue weighted by molar-refractivity contribution is 8.01. The fraction of sp³-hybridized carbons (Fsp3) is 0.350. The van der Waals surface area contributed by atoms with Crippen LogP contribution in [0.2, 0.25) is 0 Å². The molecule has 4 nitrogen and oxygen atoms in total. The van der Waals surface area contributed by atoms with E-state index >= 15 is 0 Å². The molecule has 3 rings (SSSR count). The highest BCUT2D eigenvalue weighted by Crippen LogP contribution is 2.43. The average molecular weight is 356 g/mol. The number of anilines is 1. The Kier molecular flexibility index (Phi) is 5.78. The Labute approximate surface area is 153 Å². The van der Waals surface area contributed by atoms with Crippen LogP contribution in [0, 0.1) is 0 Å². The zero-order valence-corrected chi connectivity index (χ0v) is 15.4. The van der Waals surface area contributed by atoms with E-state index in [1.807, 2.05) is 73.6 Å². The molecule has 2 aromatic rings. The van der Waals surface area contributed by atoms with Crippen molar-refractivity contribution in [2.75, 3.05) is 32.1 Å². The molecule has 1 N–H and O–H groups in total. The maximum Gasteiger partial charge on any atom is 0.243 e. The molecule has 0 aliphatic carbocycles. The van der Waals surface area contributed by atoms with Crippen molar-refractivity contribution in [1.29, 1.82) is 0 Å². The van der Waals surface area contributed by atoms with Crippen molar-refractivity contribution in [1.82, 2.24) is 4.90 Å². The van der Waals surface area contributed by atoms with Crippen molar-refractivity contribution in [3.63, 3.8) is 0 Å². The van der Waals surface area contributed by atoms with Crippen molar-refractivity contribution in [2.45, 2.75) is 22.7 Å². The van der Waals surface area contributed by atoms with Gasteiger partial charge in [-0.15, -0.1) is 11.8 Å². The summed E-state index contributed by atoms with van der Waals surface area (Å²) in [5, 5.41) is 10.3. The molecule has 0 saturated carbocycles. The van der Waals surface area contributed by atoms with Gasteiger partial charge in [-0.05, 0) is 44.8 Å². The first kappa shape index (κ1) is 18.0. The van der Waals surface area contributed by atoms with Crippen LogP contribution >= 0.6 is 11.8 Å². The van der Waals surface area contributed by atoms with E-state index in [0.29, 0.717) is 6.54 Å². The van der Waals surface area contributed by atoms with Crippen molar-refractivity contribution >= 4 is 23.4 Å². The van der Waals surface area contributed by atoms with Gasteiger partial charge in [0.1, 0.15) is 11.4 Å². The first-order chi connectivity index (χ1) is 12.1. The summed E-state index contributed by atoms with van der Waals surface area (Å²) >= 11 is 1.46. The zero-order valence-electron chi connectivity index (χ0n) is 14.6. The predicted octanol–water partition coefficient (Wildman–Crippen LogP) is 3.18. The molecule has 0 radical (unpaired) electrons. The standard InChI is InChI=1S/C20H24N2O2S/c1-21(2)13-8-14-22-16-11-6-7-12-17(16)25-19(20(22)24)18(23)15-9-4-3-5-10-15/h3-7,9-12,18-19,23H,8,13-14H2,1-2H3. The van der Waals surface area contributed by atoms with Crippen molar-refractivity contribution in [3.05, 3.63) is 60.2 Å². The molecular formula is C20H24N2O2S. The van der Waals surface area contributed by atoms with Gasteiger partial charge in [-0.3, -0.25) is 4.79 Å². The Morgan fingerprint density at radius 3 is 2.52 bits per heavy atom. The van der Waals surface area contributed by atoms with Crippen molar-refractivity contribution in [2.24, 2.45) is 0 Å². The van der Waals surface area contributed by atoms with Crippen LogP contribution in [0.4, 0.5) is 5.69 Å². The molecule has 0 fully saturated rings. The third-order valence-electron chi connectivity index (χ3n) is 4.33. The molecule has 0 spiro atoms. The first-order valence-electron chi connectivity index (χ1n) is 8.52. The molecule has 132 valence electrons. The number of para-hydroxylation sites is 1. The predicted molar refractivity (Wildman–Crippen MR) is 103 cm³/mol. The molecule has 1 amide bonds. The second kappa shape index (κ2) is 8.04. The van der Waals surface area contributed by atoms with Crippen LogP contribution in [0.15, 0.2) is 59.5 Å².